The van der Waals surface area contributed by atoms with Crippen LogP contribution in [0.2, 0.25) is 5.02 Å². The number of rotatable bonds is 3. The molecule has 1 amide bonds. The van der Waals surface area contributed by atoms with E-state index in [1.54, 1.807) is 29.3 Å². The van der Waals surface area contributed by atoms with Gasteiger partial charge < -0.3 is 4.57 Å². The topological polar surface area (TPSA) is 62.2 Å². The van der Waals surface area contributed by atoms with Crippen LogP contribution in [0.5, 0.6) is 0 Å². The Kier molecular flexibility index (Phi) is 5.21. The minimum Gasteiger partial charge on any atom is -0.317 e. The number of hydrogen-bond donors (Lipinski definition) is 1. The fourth-order valence-electron chi connectivity index (χ4n) is 3.74. The van der Waals surface area contributed by atoms with Gasteiger partial charge in [0, 0.05) is 27.5 Å². The van der Waals surface area contributed by atoms with Gasteiger partial charge in [-0.1, -0.05) is 17.7 Å². The Balaban J connectivity index is 2.03. The molecule has 0 saturated carbocycles. The Hall–Kier alpha value is -1.90. The van der Waals surface area contributed by atoms with Crippen molar-refractivity contribution in [3.05, 3.63) is 73.4 Å². The summed E-state index contributed by atoms with van der Waals surface area (Å²) in [5.74, 6) is -0.238. The Bertz CT molecular complexity index is 1150. The van der Waals surface area contributed by atoms with E-state index in [4.69, 9.17) is 11.6 Å². The lowest BCUT2D eigenvalue weighted by atomic mass is 10.1. The molecular formula is C20H18Br2ClN4O2+. The summed E-state index contributed by atoms with van der Waals surface area (Å²) in [5, 5.41) is 11.2. The highest BCUT2D eigenvalue weighted by atomic mass is 79.9. The lowest BCUT2D eigenvalue weighted by Crippen LogP contribution is -2.42. The zero-order valence-corrected chi connectivity index (χ0v) is 19.8. The van der Waals surface area contributed by atoms with Crippen molar-refractivity contribution < 1.29 is 14.7 Å². The molecule has 4 rings (SSSR count). The zero-order chi connectivity index (χ0) is 21.0. The van der Waals surface area contributed by atoms with E-state index in [9.17, 15) is 10.0 Å². The highest BCUT2D eigenvalue weighted by Crippen LogP contribution is 2.44. The standard InChI is InChI=1S/C20H18Br2ClN4O2/c1-10(2)26-18-16(24-20(26)22)19(28)27(15-8-13(23)6-4-11(15)3)17(18)14-7-5-12(21)9-25(14)29/h4-10,17,29H,1-3H3/q+1. The SMILES string of the molecule is Cc1ccc(Cl)cc1N1C(=O)c2nc(Br)n(C(C)C)c2C1c1ccc(Br)c[n+]1O. The fourth-order valence-corrected chi connectivity index (χ4v) is 5.01. The monoisotopic (exact) mass is 539 g/mol. The molecule has 3 aromatic rings. The molecule has 29 heavy (non-hydrogen) atoms. The predicted octanol–water partition coefficient (Wildman–Crippen LogP) is 5.23. The summed E-state index contributed by atoms with van der Waals surface area (Å²) >= 11 is 13.1. The third kappa shape index (κ3) is 3.27. The van der Waals surface area contributed by atoms with E-state index in [-0.39, 0.29) is 11.9 Å². The third-order valence-electron chi connectivity index (χ3n) is 4.99. The average molecular weight is 542 g/mol. The lowest BCUT2D eigenvalue weighted by molar-refractivity contribution is -0.910. The summed E-state index contributed by atoms with van der Waals surface area (Å²) in [4.78, 5) is 19.6. The minimum absolute atomic E-state index is 0.0546. The third-order valence-corrected chi connectivity index (χ3v) is 6.26. The number of hydrogen-bond acceptors (Lipinski definition) is 3. The average Bonchev–Trinajstić information content (AvgIpc) is 3.11. The number of fused-ring (bicyclic) bond motifs is 1. The van der Waals surface area contributed by atoms with E-state index < -0.39 is 6.04 Å². The summed E-state index contributed by atoms with van der Waals surface area (Å²) < 4.78 is 4.31. The Morgan fingerprint density at radius 1 is 1.24 bits per heavy atom. The van der Waals surface area contributed by atoms with Crippen molar-refractivity contribution in [3.8, 4) is 0 Å². The molecule has 2 aromatic heterocycles. The van der Waals surface area contributed by atoms with Crippen LogP contribution in [0.25, 0.3) is 0 Å². The highest BCUT2D eigenvalue weighted by molar-refractivity contribution is 9.10. The molecule has 0 bridgehead atoms. The summed E-state index contributed by atoms with van der Waals surface area (Å²) in [6.45, 7) is 5.97. The molecular weight excluding hydrogens is 524 g/mol. The number of aromatic nitrogens is 3. The fraction of sp³-hybridized carbons (Fsp3) is 0.250. The summed E-state index contributed by atoms with van der Waals surface area (Å²) in [6, 6.07) is 8.53. The first-order valence-corrected chi connectivity index (χ1v) is 10.9. The number of imidazole rings is 1. The Morgan fingerprint density at radius 2 is 1.97 bits per heavy atom. The normalized spacial score (nSPS) is 16.0. The molecule has 0 fully saturated rings. The molecule has 1 atom stereocenters. The van der Waals surface area contributed by atoms with E-state index in [1.165, 1.54) is 0 Å². The maximum Gasteiger partial charge on any atom is 0.280 e. The van der Waals surface area contributed by atoms with Gasteiger partial charge in [0.2, 0.25) is 6.20 Å². The van der Waals surface area contributed by atoms with Crippen molar-refractivity contribution in [1.29, 1.82) is 0 Å². The van der Waals surface area contributed by atoms with Gasteiger partial charge in [0.05, 0.1) is 10.2 Å². The predicted molar refractivity (Wildman–Crippen MR) is 117 cm³/mol. The number of benzene rings is 1. The van der Waals surface area contributed by atoms with E-state index in [0.29, 0.717) is 26.8 Å². The molecule has 1 aliphatic heterocycles. The summed E-state index contributed by atoms with van der Waals surface area (Å²) in [6.07, 6.45) is 1.55. The smallest absolute Gasteiger partial charge is 0.280 e. The second kappa shape index (κ2) is 7.41. The molecule has 6 nitrogen and oxygen atoms in total. The number of carbonyl (C=O) groups is 1. The molecule has 1 aromatic carbocycles. The number of anilines is 1. The first-order chi connectivity index (χ1) is 13.7. The minimum atomic E-state index is -0.575. The molecule has 9 heteroatoms. The molecule has 3 heterocycles. The van der Waals surface area contributed by atoms with Gasteiger partial charge in [0.25, 0.3) is 11.6 Å². The molecule has 1 N–H and O–H groups in total. The van der Waals surface area contributed by atoms with Crippen molar-refractivity contribution in [2.24, 2.45) is 0 Å². The van der Waals surface area contributed by atoms with Crippen LogP contribution in [0.3, 0.4) is 0 Å². The molecule has 0 radical (unpaired) electrons. The van der Waals surface area contributed by atoms with Gasteiger partial charge in [-0.05, 0) is 76.4 Å². The first-order valence-electron chi connectivity index (χ1n) is 8.98. The van der Waals surface area contributed by atoms with E-state index in [1.807, 2.05) is 37.5 Å². The van der Waals surface area contributed by atoms with Crippen LogP contribution in [0.15, 0.2) is 45.7 Å². The summed E-state index contributed by atoms with van der Waals surface area (Å²) in [7, 11) is 0. The molecule has 0 aliphatic carbocycles. The van der Waals surface area contributed by atoms with Gasteiger partial charge in [0.15, 0.2) is 16.5 Å². The van der Waals surface area contributed by atoms with Gasteiger partial charge in [-0.15, -0.1) is 0 Å². The van der Waals surface area contributed by atoms with Gasteiger partial charge in [-0.2, -0.15) is 0 Å². The zero-order valence-electron chi connectivity index (χ0n) is 15.9. The molecule has 150 valence electrons. The van der Waals surface area contributed by atoms with E-state index in [2.05, 4.69) is 36.8 Å². The first kappa shape index (κ1) is 20.4. The Labute approximate surface area is 190 Å². The van der Waals surface area contributed by atoms with Crippen LogP contribution in [-0.2, 0) is 0 Å². The van der Waals surface area contributed by atoms with Crippen molar-refractivity contribution >= 4 is 55.1 Å². The van der Waals surface area contributed by atoms with E-state index >= 15 is 0 Å². The number of nitrogens with zero attached hydrogens (tertiary/aromatic N) is 4. The Morgan fingerprint density at radius 3 is 2.62 bits per heavy atom. The lowest BCUT2D eigenvalue weighted by Gasteiger charge is -2.26. The molecule has 1 unspecified atom stereocenters. The summed E-state index contributed by atoms with van der Waals surface area (Å²) in [5.41, 5.74) is 3.20. The maximum atomic E-state index is 13.5. The highest BCUT2D eigenvalue weighted by Gasteiger charge is 2.48. The number of pyridine rings is 1. The van der Waals surface area contributed by atoms with Crippen LogP contribution >= 0.6 is 43.5 Å². The van der Waals surface area contributed by atoms with Crippen LogP contribution in [0.4, 0.5) is 5.69 Å². The van der Waals surface area contributed by atoms with Crippen molar-refractivity contribution in [3.63, 3.8) is 0 Å². The van der Waals surface area contributed by atoms with Crippen molar-refractivity contribution in [2.45, 2.75) is 32.9 Å². The van der Waals surface area contributed by atoms with Gasteiger partial charge in [0.1, 0.15) is 0 Å². The second-order valence-electron chi connectivity index (χ2n) is 7.20. The van der Waals surface area contributed by atoms with Gasteiger partial charge in [-0.25, -0.2) is 4.98 Å². The van der Waals surface area contributed by atoms with Crippen molar-refractivity contribution in [2.75, 3.05) is 4.90 Å². The molecule has 0 spiro atoms. The number of aryl methyl sites for hydroxylation is 1. The van der Waals surface area contributed by atoms with Gasteiger partial charge >= 0.3 is 0 Å². The van der Waals surface area contributed by atoms with Crippen LogP contribution in [0, 0.1) is 6.92 Å². The van der Waals surface area contributed by atoms with Crippen LogP contribution < -0.4 is 9.63 Å². The van der Waals surface area contributed by atoms with Crippen molar-refractivity contribution in [1.82, 2.24) is 9.55 Å². The largest absolute Gasteiger partial charge is 0.317 e. The second-order valence-corrected chi connectivity index (χ2v) is 9.27. The quantitative estimate of drug-likeness (QED) is 0.365. The van der Waals surface area contributed by atoms with Crippen LogP contribution in [-0.4, -0.2) is 20.7 Å². The number of amides is 1. The van der Waals surface area contributed by atoms with Crippen LogP contribution in [0.1, 0.15) is 53.4 Å². The van der Waals surface area contributed by atoms with Gasteiger partial charge in [-0.3, -0.25) is 14.9 Å². The molecule has 0 saturated heterocycles. The van der Waals surface area contributed by atoms with E-state index in [0.717, 1.165) is 20.5 Å². The number of carbonyl (C=O) groups excluding carboxylic acids is 1. The number of halogens is 3. The molecule has 1 aliphatic rings. The maximum absolute atomic E-state index is 13.5.